The van der Waals surface area contributed by atoms with Crippen LogP contribution in [-0.2, 0) is 9.53 Å². The molecule has 1 aliphatic heterocycles. The summed E-state index contributed by atoms with van der Waals surface area (Å²) in [6.45, 7) is 0. The molecule has 5 nitrogen and oxygen atoms in total. The Kier molecular flexibility index (Phi) is 4.97. The SMILES string of the molecule is COc1ccc(C=C2N=C(c3ccc(Cl)cc3Cl)OC2=O)c(OC)c1. The van der Waals surface area contributed by atoms with E-state index in [2.05, 4.69) is 4.99 Å². The maximum Gasteiger partial charge on any atom is 0.363 e. The molecule has 0 fully saturated rings. The van der Waals surface area contributed by atoms with E-state index in [0.717, 1.165) is 0 Å². The molecule has 128 valence electrons. The molecule has 0 saturated carbocycles. The second kappa shape index (κ2) is 7.17. The van der Waals surface area contributed by atoms with E-state index in [-0.39, 0.29) is 11.6 Å². The zero-order valence-electron chi connectivity index (χ0n) is 13.4. The highest BCUT2D eigenvalue weighted by Crippen LogP contribution is 2.29. The number of ether oxygens (including phenoxy) is 3. The second-order valence-corrected chi connectivity index (χ2v) is 5.91. The van der Waals surface area contributed by atoms with Crippen molar-refractivity contribution in [3.63, 3.8) is 0 Å². The normalized spacial score (nSPS) is 15.1. The van der Waals surface area contributed by atoms with Crippen molar-refractivity contribution < 1.29 is 19.0 Å². The van der Waals surface area contributed by atoms with Gasteiger partial charge in [0.25, 0.3) is 0 Å². The number of aliphatic imine (C=N–C) groups is 1. The number of rotatable bonds is 4. The number of esters is 1. The summed E-state index contributed by atoms with van der Waals surface area (Å²) in [5.74, 6) is 0.752. The molecule has 7 heteroatoms. The van der Waals surface area contributed by atoms with Crippen LogP contribution in [0.15, 0.2) is 47.1 Å². The van der Waals surface area contributed by atoms with Crippen LogP contribution in [0.2, 0.25) is 10.0 Å². The number of benzene rings is 2. The van der Waals surface area contributed by atoms with Crippen molar-refractivity contribution in [3.8, 4) is 11.5 Å². The molecule has 1 aliphatic rings. The minimum Gasteiger partial charge on any atom is -0.497 e. The monoisotopic (exact) mass is 377 g/mol. The highest BCUT2D eigenvalue weighted by atomic mass is 35.5. The summed E-state index contributed by atoms with van der Waals surface area (Å²) in [6, 6.07) is 10.1. The van der Waals surface area contributed by atoms with Crippen LogP contribution in [0.1, 0.15) is 11.1 Å². The maximum absolute atomic E-state index is 12.1. The Bertz CT molecular complexity index is 906. The summed E-state index contributed by atoms with van der Waals surface area (Å²) >= 11 is 12.0. The summed E-state index contributed by atoms with van der Waals surface area (Å²) in [5.41, 5.74) is 1.30. The van der Waals surface area contributed by atoms with Gasteiger partial charge in [-0.15, -0.1) is 0 Å². The van der Waals surface area contributed by atoms with Crippen molar-refractivity contribution in [3.05, 3.63) is 63.3 Å². The maximum atomic E-state index is 12.1. The van der Waals surface area contributed by atoms with Gasteiger partial charge >= 0.3 is 5.97 Å². The Balaban J connectivity index is 1.99. The highest BCUT2D eigenvalue weighted by Gasteiger charge is 2.26. The molecule has 0 unspecified atom stereocenters. The average molecular weight is 378 g/mol. The van der Waals surface area contributed by atoms with Gasteiger partial charge in [-0.05, 0) is 36.4 Å². The molecule has 25 heavy (non-hydrogen) atoms. The molecule has 2 aromatic carbocycles. The van der Waals surface area contributed by atoms with Crippen LogP contribution < -0.4 is 9.47 Å². The smallest absolute Gasteiger partial charge is 0.363 e. The number of carbonyl (C=O) groups is 1. The summed E-state index contributed by atoms with van der Waals surface area (Å²) < 4.78 is 15.7. The van der Waals surface area contributed by atoms with E-state index in [1.165, 1.54) is 7.11 Å². The number of cyclic esters (lactones) is 1. The lowest BCUT2D eigenvalue weighted by atomic mass is 10.1. The van der Waals surface area contributed by atoms with Gasteiger partial charge in [0.15, 0.2) is 5.70 Å². The summed E-state index contributed by atoms with van der Waals surface area (Å²) in [6.07, 6.45) is 1.58. The summed E-state index contributed by atoms with van der Waals surface area (Å²) in [4.78, 5) is 16.4. The quantitative estimate of drug-likeness (QED) is 0.586. The zero-order valence-corrected chi connectivity index (χ0v) is 14.9. The zero-order chi connectivity index (χ0) is 18.0. The third-order valence-electron chi connectivity index (χ3n) is 3.51. The molecule has 0 atom stereocenters. The standard InChI is InChI=1S/C18H13Cl2NO4/c1-23-12-5-3-10(16(9-12)24-2)7-15-18(22)25-17(21-15)13-6-4-11(19)8-14(13)20/h3-9H,1-2H3. The predicted octanol–water partition coefficient (Wildman–Crippen LogP) is 4.36. The van der Waals surface area contributed by atoms with E-state index >= 15 is 0 Å². The number of carbonyl (C=O) groups excluding carboxylic acids is 1. The van der Waals surface area contributed by atoms with Gasteiger partial charge in [0.2, 0.25) is 5.90 Å². The molecule has 2 aromatic rings. The summed E-state index contributed by atoms with van der Waals surface area (Å²) in [7, 11) is 3.10. The third kappa shape index (κ3) is 3.62. The van der Waals surface area contributed by atoms with Crippen LogP contribution in [0.4, 0.5) is 0 Å². The first kappa shape index (κ1) is 17.3. The van der Waals surface area contributed by atoms with Crippen molar-refractivity contribution >= 4 is 41.1 Å². The van der Waals surface area contributed by atoms with Gasteiger partial charge in [-0.3, -0.25) is 0 Å². The van der Waals surface area contributed by atoms with Crippen LogP contribution in [0.5, 0.6) is 11.5 Å². The molecule has 1 heterocycles. The van der Waals surface area contributed by atoms with E-state index in [4.69, 9.17) is 37.4 Å². The first-order valence-electron chi connectivity index (χ1n) is 7.22. The highest BCUT2D eigenvalue weighted by molar-refractivity contribution is 6.37. The first-order chi connectivity index (χ1) is 12.0. The van der Waals surface area contributed by atoms with Crippen molar-refractivity contribution in [2.75, 3.05) is 14.2 Å². The molecule has 0 spiro atoms. The van der Waals surface area contributed by atoms with Gasteiger partial charge in [-0.1, -0.05) is 23.2 Å². The molecule has 0 N–H and O–H groups in total. The van der Waals surface area contributed by atoms with Crippen molar-refractivity contribution in [2.24, 2.45) is 4.99 Å². The van der Waals surface area contributed by atoms with Crippen LogP contribution in [0.25, 0.3) is 6.08 Å². The largest absolute Gasteiger partial charge is 0.497 e. The molecular formula is C18H13Cl2NO4. The minimum atomic E-state index is -0.570. The van der Waals surface area contributed by atoms with Gasteiger partial charge < -0.3 is 14.2 Å². The van der Waals surface area contributed by atoms with E-state index in [0.29, 0.717) is 32.7 Å². The van der Waals surface area contributed by atoms with Gasteiger partial charge in [0.1, 0.15) is 11.5 Å². The molecule has 0 saturated heterocycles. The lowest BCUT2D eigenvalue weighted by Crippen LogP contribution is -2.05. The molecule has 0 radical (unpaired) electrons. The van der Waals surface area contributed by atoms with Gasteiger partial charge in [-0.2, -0.15) is 0 Å². The van der Waals surface area contributed by atoms with Crippen LogP contribution in [0.3, 0.4) is 0 Å². The van der Waals surface area contributed by atoms with E-state index in [1.54, 1.807) is 49.6 Å². The molecule has 0 bridgehead atoms. The van der Waals surface area contributed by atoms with Crippen LogP contribution >= 0.6 is 23.2 Å². The first-order valence-corrected chi connectivity index (χ1v) is 7.97. The number of nitrogens with zero attached hydrogens (tertiary/aromatic N) is 1. The van der Waals surface area contributed by atoms with E-state index in [9.17, 15) is 4.79 Å². The number of halogens is 2. The Labute approximate surface area is 154 Å². The van der Waals surface area contributed by atoms with Crippen LogP contribution in [-0.4, -0.2) is 26.1 Å². The fraction of sp³-hybridized carbons (Fsp3) is 0.111. The second-order valence-electron chi connectivity index (χ2n) is 5.07. The van der Waals surface area contributed by atoms with Gasteiger partial charge in [0, 0.05) is 16.7 Å². The molecule has 0 aliphatic carbocycles. The van der Waals surface area contributed by atoms with Crippen molar-refractivity contribution in [1.29, 1.82) is 0 Å². The number of hydrogen-bond acceptors (Lipinski definition) is 5. The van der Waals surface area contributed by atoms with E-state index < -0.39 is 5.97 Å². The Morgan fingerprint density at radius 2 is 1.88 bits per heavy atom. The lowest BCUT2D eigenvalue weighted by Gasteiger charge is -2.07. The minimum absolute atomic E-state index is 0.130. The Morgan fingerprint density at radius 3 is 2.56 bits per heavy atom. The molecule has 0 aromatic heterocycles. The molecule has 3 rings (SSSR count). The Hall–Kier alpha value is -2.50. The summed E-state index contributed by atoms with van der Waals surface area (Å²) in [5, 5.41) is 0.833. The van der Waals surface area contributed by atoms with Gasteiger partial charge in [-0.25, -0.2) is 9.79 Å². The average Bonchev–Trinajstić information content (AvgIpc) is 2.95. The Morgan fingerprint density at radius 1 is 1.08 bits per heavy atom. The molecular weight excluding hydrogens is 365 g/mol. The molecule has 0 amide bonds. The van der Waals surface area contributed by atoms with Crippen molar-refractivity contribution in [2.45, 2.75) is 0 Å². The third-order valence-corrected chi connectivity index (χ3v) is 4.06. The van der Waals surface area contributed by atoms with Gasteiger partial charge in [0.05, 0.1) is 24.8 Å². The van der Waals surface area contributed by atoms with Crippen molar-refractivity contribution in [1.82, 2.24) is 0 Å². The number of methoxy groups -OCH3 is 2. The predicted molar refractivity (Wildman–Crippen MR) is 96.6 cm³/mol. The lowest BCUT2D eigenvalue weighted by molar-refractivity contribution is -0.129. The topological polar surface area (TPSA) is 57.1 Å². The van der Waals surface area contributed by atoms with E-state index in [1.807, 2.05) is 0 Å². The fourth-order valence-corrected chi connectivity index (χ4v) is 2.76. The van der Waals surface area contributed by atoms with Crippen LogP contribution in [0, 0.1) is 0 Å². The fourth-order valence-electron chi connectivity index (χ4n) is 2.27. The number of hydrogen-bond donors (Lipinski definition) is 0.